The van der Waals surface area contributed by atoms with E-state index in [0.29, 0.717) is 30.2 Å². The van der Waals surface area contributed by atoms with E-state index in [1.807, 2.05) is 24.0 Å². The fourth-order valence-corrected chi connectivity index (χ4v) is 5.83. The molecule has 32 heavy (non-hydrogen) atoms. The molecule has 2 aromatic heterocycles. The second-order valence-corrected chi connectivity index (χ2v) is 10.1. The zero-order chi connectivity index (χ0) is 22.3. The first-order chi connectivity index (χ1) is 15.5. The molecule has 2 saturated carbocycles. The molecule has 0 radical (unpaired) electrons. The number of aromatic nitrogens is 2. The van der Waals surface area contributed by atoms with Crippen LogP contribution in [0.4, 0.5) is 4.39 Å². The van der Waals surface area contributed by atoms with Gasteiger partial charge in [0.2, 0.25) is 0 Å². The Morgan fingerprint density at radius 1 is 1.25 bits per heavy atom. The van der Waals surface area contributed by atoms with Gasteiger partial charge in [-0.1, -0.05) is 30.7 Å². The topological polar surface area (TPSA) is 66.3 Å². The molecule has 1 aromatic carbocycles. The quantitative estimate of drug-likeness (QED) is 0.455. The summed E-state index contributed by atoms with van der Waals surface area (Å²) in [5.41, 5.74) is 3.63. The van der Waals surface area contributed by atoms with Gasteiger partial charge in [-0.25, -0.2) is 14.4 Å². The summed E-state index contributed by atoms with van der Waals surface area (Å²) in [4.78, 5) is 23.4. The Kier molecular flexibility index (Phi) is 5.72. The summed E-state index contributed by atoms with van der Waals surface area (Å²) in [6.07, 6.45) is 6.52. The molecule has 5 rings (SSSR count). The Morgan fingerprint density at radius 2 is 2.06 bits per heavy atom. The monoisotopic (exact) mass is 453 g/mol. The third-order valence-electron chi connectivity index (χ3n) is 7.20. The van der Waals surface area contributed by atoms with Gasteiger partial charge >= 0.3 is 5.97 Å². The van der Waals surface area contributed by atoms with Crippen LogP contribution in [-0.2, 0) is 16.8 Å². The van der Waals surface area contributed by atoms with Gasteiger partial charge in [0.25, 0.3) is 0 Å². The number of carbonyl (C=O) groups is 1. The van der Waals surface area contributed by atoms with Crippen molar-refractivity contribution in [1.82, 2.24) is 14.9 Å². The predicted octanol–water partition coefficient (Wildman–Crippen LogP) is 5.63. The molecule has 2 aliphatic carbocycles. The zero-order valence-electron chi connectivity index (χ0n) is 18.3. The Bertz CT molecular complexity index is 1150. The number of benzene rings is 1. The molecule has 2 heterocycles. The molecule has 0 aliphatic heterocycles. The van der Waals surface area contributed by atoms with Crippen molar-refractivity contribution < 1.29 is 14.3 Å². The predicted molar refractivity (Wildman–Crippen MR) is 124 cm³/mol. The minimum absolute atomic E-state index is 0.0805. The summed E-state index contributed by atoms with van der Waals surface area (Å²) >= 11 is 1.46. The Hall–Kier alpha value is -2.38. The molecule has 0 bridgehead atoms. The fraction of sp³-hybridized carbons (Fsp3) is 0.480. The molecule has 0 saturated heterocycles. The second kappa shape index (κ2) is 8.52. The first-order valence-electron chi connectivity index (χ1n) is 11.5. The highest BCUT2D eigenvalue weighted by Gasteiger charge is 2.53. The minimum Gasteiger partial charge on any atom is -0.481 e. The van der Waals surface area contributed by atoms with Crippen LogP contribution in [0.15, 0.2) is 30.3 Å². The number of hydrogen-bond donors (Lipinski definition) is 1. The first kappa shape index (κ1) is 21.5. The number of fused-ring (bicyclic) bond motifs is 1. The highest BCUT2D eigenvalue weighted by atomic mass is 32.1. The van der Waals surface area contributed by atoms with Crippen LogP contribution in [0.5, 0.6) is 0 Å². The molecule has 2 aliphatic rings. The number of thiazole rings is 1. The molecule has 7 heteroatoms. The summed E-state index contributed by atoms with van der Waals surface area (Å²) < 4.78 is 15.0. The van der Waals surface area contributed by atoms with Gasteiger partial charge in [0.15, 0.2) is 0 Å². The molecule has 5 nitrogen and oxygen atoms in total. The van der Waals surface area contributed by atoms with Gasteiger partial charge in [-0.3, -0.25) is 9.69 Å². The van der Waals surface area contributed by atoms with E-state index in [0.717, 1.165) is 21.8 Å². The van der Waals surface area contributed by atoms with Crippen LogP contribution in [0.1, 0.15) is 56.7 Å². The van der Waals surface area contributed by atoms with Gasteiger partial charge in [0.1, 0.15) is 21.2 Å². The van der Waals surface area contributed by atoms with Crippen molar-refractivity contribution in [2.45, 2.75) is 57.4 Å². The summed E-state index contributed by atoms with van der Waals surface area (Å²) in [6.45, 7) is 3.66. The van der Waals surface area contributed by atoms with Crippen LogP contribution in [0.3, 0.4) is 0 Å². The number of nitrogens with zero attached hydrogens (tertiary/aromatic N) is 3. The lowest BCUT2D eigenvalue weighted by molar-refractivity contribution is -0.137. The summed E-state index contributed by atoms with van der Waals surface area (Å²) in [7, 11) is 0. The molecule has 3 aromatic rings. The van der Waals surface area contributed by atoms with E-state index in [4.69, 9.17) is 10.1 Å². The van der Waals surface area contributed by atoms with E-state index in [-0.39, 0.29) is 17.7 Å². The lowest BCUT2D eigenvalue weighted by atomic mass is 9.72. The van der Waals surface area contributed by atoms with Crippen LogP contribution in [0, 0.1) is 11.7 Å². The first-order valence-corrected chi connectivity index (χ1v) is 12.3. The molecule has 2 fully saturated rings. The normalized spacial score (nSPS) is 17.6. The average molecular weight is 454 g/mol. The number of rotatable bonds is 9. The van der Waals surface area contributed by atoms with E-state index in [1.54, 1.807) is 12.1 Å². The van der Waals surface area contributed by atoms with E-state index < -0.39 is 5.97 Å². The molecule has 0 unspecified atom stereocenters. The van der Waals surface area contributed by atoms with Crippen molar-refractivity contribution in [2.24, 2.45) is 5.92 Å². The summed E-state index contributed by atoms with van der Waals surface area (Å²) in [6, 6.07) is 9.41. The molecule has 168 valence electrons. The Morgan fingerprint density at radius 3 is 2.69 bits per heavy atom. The number of halogens is 1. The van der Waals surface area contributed by atoms with Crippen molar-refractivity contribution in [1.29, 1.82) is 0 Å². The molecule has 0 amide bonds. The highest BCUT2D eigenvalue weighted by Crippen LogP contribution is 2.59. The standard InChI is InChI=1S/C25H28FN3O2S/c1-2-29(13-10-22(30)31)15-16-6-7-18(19(26)14-16)23-27-20-8-9-21(28-24(20)32-23)25(11-12-25)17-4-3-5-17/h6-9,14,17H,2-5,10-13,15H2,1H3,(H,30,31). The molecule has 1 N–H and O–H groups in total. The van der Waals surface area contributed by atoms with Crippen LogP contribution in [-0.4, -0.2) is 39.0 Å². The molecular weight excluding hydrogens is 425 g/mol. The smallest absolute Gasteiger partial charge is 0.304 e. The van der Waals surface area contributed by atoms with Gasteiger partial charge in [-0.05, 0) is 68.0 Å². The maximum atomic E-state index is 15.0. The Labute approximate surface area is 191 Å². The van der Waals surface area contributed by atoms with Crippen molar-refractivity contribution >= 4 is 27.7 Å². The fourth-order valence-electron chi connectivity index (χ4n) is 4.87. The molecular formula is C25H28FN3O2S. The van der Waals surface area contributed by atoms with E-state index in [1.165, 1.54) is 49.1 Å². The third-order valence-corrected chi connectivity index (χ3v) is 8.20. The Balaban J connectivity index is 1.36. The van der Waals surface area contributed by atoms with Crippen molar-refractivity contribution in [3.05, 3.63) is 47.4 Å². The number of carboxylic acids is 1. The number of aliphatic carboxylic acids is 1. The lowest BCUT2D eigenvalue weighted by Gasteiger charge is -2.33. The van der Waals surface area contributed by atoms with E-state index in [2.05, 4.69) is 11.1 Å². The van der Waals surface area contributed by atoms with Gasteiger partial charge < -0.3 is 5.11 Å². The maximum absolute atomic E-state index is 15.0. The van der Waals surface area contributed by atoms with Gasteiger partial charge in [-0.2, -0.15) is 0 Å². The number of carboxylic acid groups (broad SMARTS) is 1. The van der Waals surface area contributed by atoms with Crippen LogP contribution in [0.2, 0.25) is 0 Å². The van der Waals surface area contributed by atoms with Gasteiger partial charge in [0.05, 0.1) is 6.42 Å². The third kappa shape index (κ3) is 4.04. The summed E-state index contributed by atoms with van der Waals surface area (Å²) in [5.74, 6) is -0.343. The van der Waals surface area contributed by atoms with Crippen molar-refractivity contribution in [3.63, 3.8) is 0 Å². The maximum Gasteiger partial charge on any atom is 0.304 e. The minimum atomic E-state index is -0.821. The lowest BCUT2D eigenvalue weighted by Crippen LogP contribution is -2.27. The summed E-state index contributed by atoms with van der Waals surface area (Å²) in [5, 5.41) is 9.55. The number of pyridine rings is 1. The highest BCUT2D eigenvalue weighted by molar-refractivity contribution is 7.21. The SMILES string of the molecule is CCN(CCC(=O)O)Cc1ccc(-c2nc3ccc(C4(C5CCC5)CC4)nc3s2)c(F)c1. The van der Waals surface area contributed by atoms with Crippen LogP contribution >= 0.6 is 11.3 Å². The van der Waals surface area contributed by atoms with Crippen LogP contribution < -0.4 is 0 Å². The van der Waals surface area contributed by atoms with Crippen molar-refractivity contribution in [3.8, 4) is 10.6 Å². The van der Waals surface area contributed by atoms with E-state index in [9.17, 15) is 4.79 Å². The number of hydrogen-bond acceptors (Lipinski definition) is 5. The van der Waals surface area contributed by atoms with Crippen LogP contribution in [0.25, 0.3) is 20.9 Å². The van der Waals surface area contributed by atoms with E-state index >= 15 is 4.39 Å². The average Bonchev–Trinajstić information content (AvgIpc) is 3.40. The van der Waals surface area contributed by atoms with Gasteiger partial charge in [-0.15, -0.1) is 0 Å². The zero-order valence-corrected chi connectivity index (χ0v) is 19.1. The van der Waals surface area contributed by atoms with Gasteiger partial charge in [0, 0.05) is 29.8 Å². The molecule has 0 atom stereocenters. The second-order valence-electron chi connectivity index (χ2n) is 9.15. The largest absolute Gasteiger partial charge is 0.481 e. The van der Waals surface area contributed by atoms with Crippen molar-refractivity contribution in [2.75, 3.05) is 13.1 Å². The molecule has 0 spiro atoms.